The van der Waals surface area contributed by atoms with E-state index in [1.165, 1.54) is 0 Å². The third-order valence-electron chi connectivity index (χ3n) is 5.77. The minimum Gasteiger partial charge on any atom is -0.339 e. The Balaban J connectivity index is 1.52. The maximum absolute atomic E-state index is 12.9. The molecule has 0 aromatic heterocycles. The fourth-order valence-corrected chi connectivity index (χ4v) is 4.18. The van der Waals surface area contributed by atoms with E-state index in [1.54, 1.807) is 12.1 Å². The van der Waals surface area contributed by atoms with Gasteiger partial charge >= 0.3 is 0 Å². The molecule has 26 heavy (non-hydrogen) atoms. The van der Waals surface area contributed by atoms with Crippen molar-refractivity contribution < 1.29 is 9.59 Å². The quantitative estimate of drug-likeness (QED) is 0.879. The minimum atomic E-state index is -0.406. The average Bonchev–Trinajstić information content (AvgIpc) is 2.63. The van der Waals surface area contributed by atoms with Crippen LogP contribution in [-0.2, 0) is 16.0 Å². The van der Waals surface area contributed by atoms with Crippen molar-refractivity contribution in [2.24, 2.45) is 11.7 Å². The monoisotopic (exact) mass is 377 g/mol. The second kappa shape index (κ2) is 7.97. The lowest BCUT2D eigenvalue weighted by Gasteiger charge is -2.42. The largest absolute Gasteiger partial charge is 0.339 e. The lowest BCUT2D eigenvalue weighted by molar-refractivity contribution is -0.144. The number of carbonyl (C=O) groups excluding carboxylic acids is 2. The minimum absolute atomic E-state index is 0.0902. The smallest absolute Gasteiger partial charge is 0.227 e. The normalized spacial score (nSPS) is 26.7. The predicted octanol–water partition coefficient (Wildman–Crippen LogP) is 2.46. The molecule has 1 heterocycles. The lowest BCUT2D eigenvalue weighted by Crippen LogP contribution is -2.57. The van der Waals surface area contributed by atoms with E-state index in [-0.39, 0.29) is 17.7 Å². The van der Waals surface area contributed by atoms with Crippen LogP contribution in [-0.4, -0.2) is 53.3 Å². The van der Waals surface area contributed by atoms with E-state index < -0.39 is 5.54 Å². The van der Waals surface area contributed by atoms with Gasteiger partial charge in [-0.05, 0) is 37.5 Å². The van der Waals surface area contributed by atoms with Crippen LogP contribution in [0, 0.1) is 5.92 Å². The molecule has 0 spiro atoms. The van der Waals surface area contributed by atoms with Crippen molar-refractivity contribution in [1.29, 1.82) is 0 Å². The van der Waals surface area contributed by atoms with Crippen LogP contribution in [0.3, 0.4) is 0 Å². The molecule has 2 aliphatic rings. The molecule has 2 fully saturated rings. The number of rotatable bonds is 3. The molecule has 6 heteroatoms. The lowest BCUT2D eigenvalue weighted by atomic mass is 9.74. The first-order valence-corrected chi connectivity index (χ1v) is 9.84. The number of hydrogen-bond donors (Lipinski definition) is 1. The van der Waals surface area contributed by atoms with Gasteiger partial charge in [-0.1, -0.05) is 36.6 Å². The van der Waals surface area contributed by atoms with Gasteiger partial charge in [0.2, 0.25) is 11.8 Å². The van der Waals surface area contributed by atoms with Crippen LogP contribution in [0.1, 0.15) is 38.2 Å². The van der Waals surface area contributed by atoms with Crippen molar-refractivity contribution in [3.63, 3.8) is 0 Å². The maximum atomic E-state index is 12.9. The van der Waals surface area contributed by atoms with Gasteiger partial charge in [0.15, 0.2) is 0 Å². The Morgan fingerprint density at radius 2 is 1.73 bits per heavy atom. The Labute approximate surface area is 160 Å². The first kappa shape index (κ1) is 19.2. The number of hydrogen-bond acceptors (Lipinski definition) is 3. The summed E-state index contributed by atoms with van der Waals surface area (Å²) in [6.45, 7) is 4.37. The molecule has 5 nitrogen and oxygen atoms in total. The fraction of sp³-hybridized carbons (Fsp3) is 0.600. The summed E-state index contributed by atoms with van der Waals surface area (Å²) in [4.78, 5) is 29.1. The molecule has 1 aliphatic heterocycles. The molecule has 3 rings (SSSR count). The molecule has 2 N–H and O–H groups in total. The average molecular weight is 378 g/mol. The number of benzene rings is 1. The number of amides is 2. The summed E-state index contributed by atoms with van der Waals surface area (Å²) in [5.41, 5.74) is 6.93. The first-order chi connectivity index (χ1) is 12.4. The zero-order chi connectivity index (χ0) is 18.7. The van der Waals surface area contributed by atoms with E-state index in [9.17, 15) is 9.59 Å². The van der Waals surface area contributed by atoms with E-state index in [0.29, 0.717) is 37.6 Å². The van der Waals surface area contributed by atoms with Gasteiger partial charge in [0, 0.05) is 36.7 Å². The predicted molar refractivity (Wildman–Crippen MR) is 103 cm³/mol. The Morgan fingerprint density at radius 3 is 2.35 bits per heavy atom. The van der Waals surface area contributed by atoms with Gasteiger partial charge in [-0.3, -0.25) is 9.59 Å². The van der Waals surface area contributed by atoms with Gasteiger partial charge in [-0.25, -0.2) is 0 Å². The standard InChI is InChI=1S/C20H28ClN3O2/c1-20(22)9-3-2-4-17(20)19(26)24-12-10-23(11-13-24)18(25)14-15-5-7-16(21)8-6-15/h5-8,17H,2-4,9-14,22H2,1H3. The highest BCUT2D eigenvalue weighted by molar-refractivity contribution is 6.30. The van der Waals surface area contributed by atoms with E-state index >= 15 is 0 Å². The number of piperazine rings is 1. The van der Waals surface area contributed by atoms with Crippen molar-refractivity contribution >= 4 is 23.4 Å². The summed E-state index contributed by atoms with van der Waals surface area (Å²) in [7, 11) is 0. The Morgan fingerprint density at radius 1 is 1.12 bits per heavy atom. The summed E-state index contributed by atoms with van der Waals surface area (Å²) in [5, 5.41) is 0.669. The fourth-order valence-electron chi connectivity index (χ4n) is 4.05. The molecule has 1 aliphatic carbocycles. The summed E-state index contributed by atoms with van der Waals surface area (Å²) >= 11 is 5.88. The summed E-state index contributed by atoms with van der Waals surface area (Å²) in [6.07, 6.45) is 4.33. The van der Waals surface area contributed by atoms with E-state index in [0.717, 1.165) is 31.2 Å². The SMILES string of the molecule is CC1(N)CCCCC1C(=O)N1CCN(C(=O)Cc2ccc(Cl)cc2)CC1. The molecule has 0 bridgehead atoms. The molecule has 2 unspecified atom stereocenters. The van der Waals surface area contributed by atoms with E-state index in [2.05, 4.69) is 0 Å². The number of carbonyl (C=O) groups is 2. The van der Waals surface area contributed by atoms with Crippen LogP contribution in [0.25, 0.3) is 0 Å². The van der Waals surface area contributed by atoms with Crippen LogP contribution in [0.4, 0.5) is 0 Å². The highest BCUT2D eigenvalue weighted by atomic mass is 35.5. The van der Waals surface area contributed by atoms with Crippen molar-refractivity contribution in [2.75, 3.05) is 26.2 Å². The molecule has 2 atom stereocenters. The highest BCUT2D eigenvalue weighted by Crippen LogP contribution is 2.33. The van der Waals surface area contributed by atoms with Gasteiger partial charge in [0.1, 0.15) is 0 Å². The molecule has 2 amide bonds. The van der Waals surface area contributed by atoms with Crippen molar-refractivity contribution in [3.8, 4) is 0 Å². The highest BCUT2D eigenvalue weighted by Gasteiger charge is 2.40. The molecule has 0 radical (unpaired) electrons. The van der Waals surface area contributed by atoms with E-state index in [1.807, 2.05) is 28.9 Å². The summed E-state index contributed by atoms with van der Waals surface area (Å²) in [6, 6.07) is 7.36. The maximum Gasteiger partial charge on any atom is 0.227 e. The van der Waals surface area contributed by atoms with Crippen molar-refractivity contribution in [1.82, 2.24) is 9.80 Å². The van der Waals surface area contributed by atoms with Gasteiger partial charge in [0.05, 0.1) is 12.3 Å². The van der Waals surface area contributed by atoms with Gasteiger partial charge in [-0.2, -0.15) is 0 Å². The number of nitrogens with two attached hydrogens (primary N) is 1. The molecule has 1 saturated carbocycles. The van der Waals surface area contributed by atoms with Gasteiger partial charge < -0.3 is 15.5 Å². The Kier molecular flexibility index (Phi) is 5.88. The number of nitrogens with zero attached hydrogens (tertiary/aromatic N) is 2. The molecular weight excluding hydrogens is 350 g/mol. The molecular formula is C20H28ClN3O2. The number of halogens is 1. The summed E-state index contributed by atoms with van der Waals surface area (Å²) < 4.78 is 0. The molecule has 142 valence electrons. The van der Waals surface area contributed by atoms with Crippen LogP contribution >= 0.6 is 11.6 Å². The van der Waals surface area contributed by atoms with Gasteiger partial charge in [-0.15, -0.1) is 0 Å². The van der Waals surface area contributed by atoms with Crippen LogP contribution < -0.4 is 5.73 Å². The second-order valence-corrected chi connectivity index (χ2v) is 8.25. The third kappa shape index (κ3) is 4.38. The van der Waals surface area contributed by atoms with Crippen molar-refractivity contribution in [2.45, 2.75) is 44.6 Å². The van der Waals surface area contributed by atoms with Crippen LogP contribution in [0.15, 0.2) is 24.3 Å². The molecule has 1 aromatic carbocycles. The van der Waals surface area contributed by atoms with Gasteiger partial charge in [0.25, 0.3) is 0 Å². The first-order valence-electron chi connectivity index (χ1n) is 9.47. The zero-order valence-corrected chi connectivity index (χ0v) is 16.2. The van der Waals surface area contributed by atoms with E-state index in [4.69, 9.17) is 17.3 Å². The van der Waals surface area contributed by atoms with Crippen LogP contribution in [0.5, 0.6) is 0 Å². The van der Waals surface area contributed by atoms with Crippen LogP contribution in [0.2, 0.25) is 5.02 Å². The Bertz CT molecular complexity index is 652. The van der Waals surface area contributed by atoms with Crippen molar-refractivity contribution in [3.05, 3.63) is 34.9 Å². The molecule has 1 saturated heterocycles. The zero-order valence-electron chi connectivity index (χ0n) is 15.4. The molecule has 1 aromatic rings. The topological polar surface area (TPSA) is 66.6 Å². The third-order valence-corrected chi connectivity index (χ3v) is 6.02. The second-order valence-electron chi connectivity index (χ2n) is 7.81. The Hall–Kier alpha value is -1.59. The summed E-state index contributed by atoms with van der Waals surface area (Å²) in [5.74, 6) is 0.174.